The second-order valence-electron chi connectivity index (χ2n) is 8.09. The van der Waals surface area contributed by atoms with E-state index in [4.69, 9.17) is 0 Å². The molecule has 0 N–H and O–H groups in total. The summed E-state index contributed by atoms with van der Waals surface area (Å²) < 4.78 is 16.1. The molecule has 1 aliphatic heterocycles. The number of hydrogen-bond donors (Lipinski definition) is 0. The summed E-state index contributed by atoms with van der Waals surface area (Å²) in [4.78, 5) is 17.5. The molecule has 0 radical (unpaired) electrons. The van der Waals surface area contributed by atoms with Crippen LogP contribution in [0.1, 0.15) is 49.4 Å². The Morgan fingerprint density at radius 1 is 1.11 bits per heavy atom. The largest absolute Gasteiger partial charge is 0.346 e. The fraction of sp³-hybridized carbons (Fsp3) is 0.591. The number of fused-ring (bicyclic) bond motifs is 1. The highest BCUT2D eigenvalue weighted by atomic mass is 19.1. The van der Waals surface area contributed by atoms with Crippen LogP contribution >= 0.6 is 0 Å². The van der Waals surface area contributed by atoms with E-state index in [0.29, 0.717) is 5.92 Å². The van der Waals surface area contributed by atoms with Crippen LogP contribution < -0.4 is 0 Å². The molecule has 0 bridgehead atoms. The van der Waals surface area contributed by atoms with Gasteiger partial charge in [0.1, 0.15) is 5.82 Å². The molecule has 2 aromatic rings. The Hall–Kier alpha value is -1.88. The lowest BCUT2D eigenvalue weighted by atomic mass is 9.89. The van der Waals surface area contributed by atoms with Crippen LogP contribution in [0, 0.1) is 11.7 Å². The number of carbonyl (C=O) groups excluding carboxylic acids is 1. The topological polar surface area (TPSA) is 28.5 Å². The van der Waals surface area contributed by atoms with Crippen LogP contribution in [-0.4, -0.2) is 53.0 Å². The quantitative estimate of drug-likeness (QED) is 0.808. The van der Waals surface area contributed by atoms with E-state index in [1.807, 2.05) is 11.1 Å². The van der Waals surface area contributed by atoms with Gasteiger partial charge < -0.3 is 14.4 Å². The highest BCUT2D eigenvalue weighted by Crippen LogP contribution is 2.29. The molecule has 5 heteroatoms. The van der Waals surface area contributed by atoms with Crippen LogP contribution in [0.3, 0.4) is 0 Å². The molecule has 1 aromatic heterocycles. The fourth-order valence-electron chi connectivity index (χ4n) is 4.67. The van der Waals surface area contributed by atoms with Crippen LogP contribution in [0.25, 0.3) is 10.9 Å². The van der Waals surface area contributed by atoms with E-state index in [1.165, 1.54) is 38.2 Å². The third kappa shape index (κ3) is 3.88. The number of benzene rings is 1. The molecule has 2 heterocycles. The number of rotatable bonds is 4. The molecule has 1 saturated heterocycles. The third-order valence-corrected chi connectivity index (χ3v) is 6.36. The van der Waals surface area contributed by atoms with Gasteiger partial charge >= 0.3 is 0 Å². The summed E-state index contributed by atoms with van der Waals surface area (Å²) in [6.45, 7) is 7.46. The van der Waals surface area contributed by atoms with Crippen LogP contribution in [0.5, 0.6) is 0 Å². The SMILES string of the molecule is CCN1CCN(C(=O)c2cn(CC3CCCCC3)c3cc(F)ccc23)CC1. The number of piperazine rings is 1. The highest BCUT2D eigenvalue weighted by molar-refractivity contribution is 6.07. The molecule has 0 atom stereocenters. The normalized spacial score (nSPS) is 19.7. The van der Waals surface area contributed by atoms with Gasteiger partial charge in [-0.2, -0.15) is 0 Å². The zero-order valence-electron chi connectivity index (χ0n) is 16.3. The molecule has 0 spiro atoms. The first-order valence-corrected chi connectivity index (χ1v) is 10.5. The summed E-state index contributed by atoms with van der Waals surface area (Å²) >= 11 is 0. The average molecular weight is 372 g/mol. The molecule has 2 aliphatic rings. The number of carbonyl (C=O) groups is 1. The Morgan fingerprint density at radius 2 is 1.85 bits per heavy atom. The second-order valence-corrected chi connectivity index (χ2v) is 8.09. The molecule has 1 saturated carbocycles. The minimum atomic E-state index is -0.235. The summed E-state index contributed by atoms with van der Waals surface area (Å²) in [5, 5.41) is 0.884. The van der Waals surface area contributed by atoms with E-state index in [0.717, 1.165) is 55.7 Å². The molecule has 0 unspecified atom stereocenters. The summed E-state index contributed by atoms with van der Waals surface area (Å²) in [7, 11) is 0. The van der Waals surface area contributed by atoms with Crippen LogP contribution in [-0.2, 0) is 6.54 Å². The molecule has 4 nitrogen and oxygen atoms in total. The van der Waals surface area contributed by atoms with E-state index in [9.17, 15) is 9.18 Å². The lowest BCUT2D eigenvalue weighted by Crippen LogP contribution is -2.48. The van der Waals surface area contributed by atoms with Gasteiger partial charge in [-0.25, -0.2) is 4.39 Å². The standard InChI is InChI=1S/C22H30FN3O/c1-2-24-10-12-25(13-11-24)22(27)20-16-26(15-17-6-4-3-5-7-17)21-14-18(23)8-9-19(20)21/h8-9,14,16-17H,2-7,10-13,15H2,1H3. The molecular formula is C22H30FN3O. The number of halogens is 1. The van der Waals surface area contributed by atoms with E-state index in [-0.39, 0.29) is 11.7 Å². The first-order chi connectivity index (χ1) is 13.2. The lowest BCUT2D eigenvalue weighted by molar-refractivity contribution is 0.0645. The predicted molar refractivity (Wildman–Crippen MR) is 106 cm³/mol. The molecule has 1 aliphatic carbocycles. The van der Waals surface area contributed by atoms with Gasteiger partial charge in [0.25, 0.3) is 5.91 Å². The third-order valence-electron chi connectivity index (χ3n) is 6.36. The van der Waals surface area contributed by atoms with Gasteiger partial charge in [0.15, 0.2) is 0 Å². The lowest BCUT2D eigenvalue weighted by Gasteiger charge is -2.34. The van der Waals surface area contributed by atoms with E-state index < -0.39 is 0 Å². The molecule has 27 heavy (non-hydrogen) atoms. The maximum Gasteiger partial charge on any atom is 0.256 e. The molecule has 2 fully saturated rings. The van der Waals surface area contributed by atoms with E-state index >= 15 is 0 Å². The van der Waals surface area contributed by atoms with Crippen molar-refractivity contribution in [1.82, 2.24) is 14.4 Å². The molecule has 1 amide bonds. The van der Waals surface area contributed by atoms with E-state index in [1.54, 1.807) is 12.1 Å². The van der Waals surface area contributed by atoms with Crippen molar-refractivity contribution in [3.63, 3.8) is 0 Å². The van der Waals surface area contributed by atoms with Crippen molar-refractivity contribution in [3.05, 3.63) is 35.8 Å². The van der Waals surface area contributed by atoms with Gasteiger partial charge in [-0.15, -0.1) is 0 Å². The van der Waals surface area contributed by atoms with Crippen LogP contribution in [0.15, 0.2) is 24.4 Å². The average Bonchev–Trinajstić information content (AvgIpc) is 3.06. The van der Waals surface area contributed by atoms with Gasteiger partial charge in [0.05, 0.1) is 11.1 Å². The van der Waals surface area contributed by atoms with Crippen molar-refractivity contribution in [2.45, 2.75) is 45.6 Å². The minimum Gasteiger partial charge on any atom is -0.346 e. The van der Waals surface area contributed by atoms with Crippen molar-refractivity contribution >= 4 is 16.8 Å². The van der Waals surface area contributed by atoms with Crippen molar-refractivity contribution in [1.29, 1.82) is 0 Å². The number of hydrogen-bond acceptors (Lipinski definition) is 2. The van der Waals surface area contributed by atoms with Crippen molar-refractivity contribution in [3.8, 4) is 0 Å². The van der Waals surface area contributed by atoms with Crippen molar-refractivity contribution in [2.24, 2.45) is 5.92 Å². The minimum absolute atomic E-state index is 0.0877. The fourth-order valence-corrected chi connectivity index (χ4v) is 4.67. The molecule has 1 aromatic carbocycles. The summed E-state index contributed by atoms with van der Waals surface area (Å²) in [6, 6.07) is 4.83. The van der Waals surface area contributed by atoms with Gasteiger partial charge in [-0.3, -0.25) is 4.79 Å². The zero-order valence-corrected chi connectivity index (χ0v) is 16.3. The number of nitrogens with zero attached hydrogens (tertiary/aromatic N) is 3. The van der Waals surface area contributed by atoms with Gasteiger partial charge in [0, 0.05) is 44.3 Å². The predicted octanol–water partition coefficient (Wildman–Crippen LogP) is 4.14. The summed E-state index contributed by atoms with van der Waals surface area (Å²) in [5.41, 5.74) is 1.59. The number of amides is 1. The molecule has 4 rings (SSSR count). The van der Waals surface area contributed by atoms with E-state index in [2.05, 4.69) is 16.4 Å². The first kappa shape index (κ1) is 18.5. The van der Waals surface area contributed by atoms with Gasteiger partial charge in [-0.05, 0) is 43.5 Å². The maximum absolute atomic E-state index is 13.9. The Kier molecular flexibility index (Phi) is 5.48. The Balaban J connectivity index is 1.61. The molecular weight excluding hydrogens is 341 g/mol. The van der Waals surface area contributed by atoms with Crippen LogP contribution in [0.4, 0.5) is 4.39 Å². The van der Waals surface area contributed by atoms with Gasteiger partial charge in [-0.1, -0.05) is 26.2 Å². The smallest absolute Gasteiger partial charge is 0.256 e. The Labute approximate surface area is 160 Å². The van der Waals surface area contributed by atoms with Crippen LogP contribution in [0.2, 0.25) is 0 Å². The monoisotopic (exact) mass is 371 g/mol. The first-order valence-electron chi connectivity index (χ1n) is 10.5. The zero-order chi connectivity index (χ0) is 18.8. The summed E-state index contributed by atoms with van der Waals surface area (Å²) in [5.74, 6) is 0.486. The number of aromatic nitrogens is 1. The summed E-state index contributed by atoms with van der Waals surface area (Å²) in [6.07, 6.45) is 8.34. The number of likely N-dealkylation sites (N-methyl/N-ethyl adjacent to an activating group) is 1. The molecule has 146 valence electrons. The highest BCUT2D eigenvalue weighted by Gasteiger charge is 2.25. The van der Waals surface area contributed by atoms with Gasteiger partial charge in [0.2, 0.25) is 0 Å². The Morgan fingerprint density at radius 3 is 2.56 bits per heavy atom. The maximum atomic E-state index is 13.9. The van der Waals surface area contributed by atoms with Crippen molar-refractivity contribution < 1.29 is 9.18 Å². The Bertz CT molecular complexity index is 801. The van der Waals surface area contributed by atoms with Crippen molar-refractivity contribution in [2.75, 3.05) is 32.7 Å². The second kappa shape index (κ2) is 8.01.